The van der Waals surface area contributed by atoms with Crippen LogP contribution in [0.15, 0.2) is 0 Å². The van der Waals surface area contributed by atoms with E-state index in [1.807, 2.05) is 0 Å². The van der Waals surface area contributed by atoms with Crippen molar-refractivity contribution in [3.63, 3.8) is 0 Å². The van der Waals surface area contributed by atoms with Crippen molar-refractivity contribution >= 4 is 11.9 Å². The van der Waals surface area contributed by atoms with Crippen molar-refractivity contribution in [3.8, 4) is 0 Å². The Hall–Kier alpha value is -1.14. The second-order valence-corrected chi connectivity index (χ2v) is 6.55. The zero-order chi connectivity index (χ0) is 19.3. The van der Waals surface area contributed by atoms with Gasteiger partial charge < -0.3 is 19.3 Å². The van der Waals surface area contributed by atoms with E-state index < -0.39 is 11.9 Å². The van der Waals surface area contributed by atoms with Gasteiger partial charge in [0.25, 0.3) is 0 Å². The van der Waals surface area contributed by atoms with Gasteiger partial charge in [-0.2, -0.15) is 0 Å². The van der Waals surface area contributed by atoms with Crippen LogP contribution in [0.2, 0.25) is 0 Å². The molecule has 26 heavy (non-hydrogen) atoms. The lowest BCUT2D eigenvalue weighted by Gasteiger charge is -2.06. The van der Waals surface area contributed by atoms with Crippen molar-refractivity contribution in [1.29, 1.82) is 0 Å². The minimum absolute atomic E-state index is 0.0639. The number of unbranched alkanes of at least 4 members (excludes halogenated alkanes) is 11. The zero-order valence-electron chi connectivity index (χ0n) is 16.5. The normalized spacial score (nSPS) is 10.7. The molecule has 0 aromatic carbocycles. The molecule has 0 rings (SSSR count). The van der Waals surface area contributed by atoms with E-state index in [9.17, 15) is 9.59 Å². The van der Waals surface area contributed by atoms with E-state index in [1.54, 1.807) is 0 Å². The number of hydrogen-bond donors (Lipinski definition) is 1. The highest BCUT2D eigenvalue weighted by Crippen LogP contribution is 2.11. The third-order valence-corrected chi connectivity index (χ3v) is 4.06. The summed E-state index contributed by atoms with van der Waals surface area (Å²) in [6, 6.07) is 0. The van der Waals surface area contributed by atoms with Crippen LogP contribution in [0.1, 0.15) is 84.0 Å². The molecule has 0 aromatic rings. The summed E-state index contributed by atoms with van der Waals surface area (Å²) in [6.07, 6.45) is 15.2. The van der Waals surface area contributed by atoms with E-state index in [4.69, 9.17) is 14.6 Å². The minimum Gasteiger partial charge on any atom is -0.464 e. The Morgan fingerprint density at radius 2 is 1.08 bits per heavy atom. The van der Waals surface area contributed by atoms with Crippen LogP contribution in [0.5, 0.6) is 0 Å². The van der Waals surface area contributed by atoms with Crippen LogP contribution in [0.25, 0.3) is 0 Å². The number of carbonyl (C=O) groups is 2. The number of esters is 2. The van der Waals surface area contributed by atoms with Gasteiger partial charge >= 0.3 is 11.9 Å². The summed E-state index contributed by atoms with van der Waals surface area (Å²) in [5.41, 5.74) is 0. The fourth-order valence-electron chi connectivity index (χ4n) is 2.59. The Balaban J connectivity index is 3.22. The van der Waals surface area contributed by atoms with Gasteiger partial charge in [0.2, 0.25) is 0 Å². The molecule has 0 aliphatic rings. The van der Waals surface area contributed by atoms with Gasteiger partial charge in [-0.3, -0.25) is 0 Å². The van der Waals surface area contributed by atoms with Gasteiger partial charge in [-0.15, -0.1) is 0 Å². The molecule has 0 saturated heterocycles. The van der Waals surface area contributed by atoms with E-state index in [0.717, 1.165) is 12.8 Å². The quantitative estimate of drug-likeness (QED) is 0.274. The monoisotopic (exact) mass is 374 g/mol. The Morgan fingerprint density at radius 3 is 1.54 bits per heavy atom. The van der Waals surface area contributed by atoms with E-state index >= 15 is 0 Å². The third-order valence-electron chi connectivity index (χ3n) is 4.06. The molecule has 0 bridgehead atoms. The highest BCUT2D eigenvalue weighted by molar-refractivity contribution is 5.73. The molecule has 6 nitrogen and oxygen atoms in total. The third kappa shape index (κ3) is 19.2. The van der Waals surface area contributed by atoms with Crippen LogP contribution in [-0.2, 0) is 23.8 Å². The molecule has 0 spiro atoms. The first-order valence-corrected chi connectivity index (χ1v) is 10.2. The van der Waals surface area contributed by atoms with Crippen molar-refractivity contribution in [2.75, 3.05) is 33.0 Å². The Kier molecular flexibility index (Phi) is 19.3. The Morgan fingerprint density at radius 1 is 0.654 bits per heavy atom. The van der Waals surface area contributed by atoms with Gasteiger partial charge in [0, 0.05) is 0 Å². The summed E-state index contributed by atoms with van der Waals surface area (Å²) in [4.78, 5) is 22.5. The van der Waals surface area contributed by atoms with E-state index in [2.05, 4.69) is 11.7 Å². The molecule has 0 aliphatic heterocycles. The Labute approximate surface area is 158 Å². The maximum Gasteiger partial charge on any atom is 0.332 e. The summed E-state index contributed by atoms with van der Waals surface area (Å²) >= 11 is 0. The van der Waals surface area contributed by atoms with Crippen molar-refractivity contribution < 1.29 is 28.9 Å². The standard InChI is InChI=1S/C20H38O6/c1-2-3-4-5-6-7-8-9-10-11-12-13-15-25-19(22)17-24-18-20(23)26-16-14-21/h21H,2-18H2,1H3. The molecule has 0 atom stereocenters. The van der Waals surface area contributed by atoms with Crippen LogP contribution in [0.4, 0.5) is 0 Å². The van der Waals surface area contributed by atoms with Gasteiger partial charge in [0.05, 0.1) is 13.2 Å². The summed E-state index contributed by atoms with van der Waals surface area (Å²) < 4.78 is 14.5. The SMILES string of the molecule is CCCCCCCCCCCCCCOC(=O)COCC(=O)OCCO. The minimum atomic E-state index is -0.604. The van der Waals surface area contributed by atoms with Gasteiger partial charge in [-0.25, -0.2) is 9.59 Å². The number of hydrogen-bond acceptors (Lipinski definition) is 6. The van der Waals surface area contributed by atoms with Crippen LogP contribution in [0.3, 0.4) is 0 Å². The number of rotatable bonds is 19. The second-order valence-electron chi connectivity index (χ2n) is 6.55. The average molecular weight is 375 g/mol. The smallest absolute Gasteiger partial charge is 0.332 e. The molecular weight excluding hydrogens is 336 g/mol. The fraction of sp³-hybridized carbons (Fsp3) is 0.900. The molecule has 0 saturated carbocycles. The molecule has 0 radical (unpaired) electrons. The van der Waals surface area contributed by atoms with Gasteiger partial charge in [-0.1, -0.05) is 77.6 Å². The summed E-state index contributed by atoms with van der Waals surface area (Å²) in [5, 5.41) is 8.49. The first-order valence-electron chi connectivity index (χ1n) is 10.2. The average Bonchev–Trinajstić information content (AvgIpc) is 2.63. The molecule has 0 aromatic heterocycles. The van der Waals surface area contributed by atoms with Crippen LogP contribution < -0.4 is 0 Å². The molecule has 1 N–H and O–H groups in total. The van der Waals surface area contributed by atoms with Crippen LogP contribution >= 0.6 is 0 Å². The van der Waals surface area contributed by atoms with Crippen molar-refractivity contribution in [3.05, 3.63) is 0 Å². The van der Waals surface area contributed by atoms with Crippen LogP contribution in [0, 0.1) is 0 Å². The molecule has 0 heterocycles. The molecule has 0 unspecified atom stereocenters. The summed E-state index contributed by atoms with van der Waals surface area (Å²) in [6.45, 7) is 1.78. The first-order chi connectivity index (χ1) is 12.7. The maximum absolute atomic E-state index is 11.4. The van der Waals surface area contributed by atoms with Crippen molar-refractivity contribution in [2.24, 2.45) is 0 Å². The van der Waals surface area contributed by atoms with Gasteiger partial charge in [0.1, 0.15) is 19.8 Å². The maximum atomic E-state index is 11.4. The predicted octanol–water partition coefficient (Wildman–Crippen LogP) is 3.78. The van der Waals surface area contributed by atoms with Gasteiger partial charge in [0.15, 0.2) is 0 Å². The zero-order valence-corrected chi connectivity index (χ0v) is 16.5. The fourth-order valence-corrected chi connectivity index (χ4v) is 2.59. The van der Waals surface area contributed by atoms with E-state index in [-0.39, 0.29) is 26.4 Å². The lowest BCUT2D eigenvalue weighted by molar-refractivity contribution is -0.156. The molecule has 154 valence electrons. The molecule has 0 fully saturated rings. The van der Waals surface area contributed by atoms with Gasteiger partial charge in [-0.05, 0) is 6.42 Å². The number of aliphatic hydroxyl groups excluding tert-OH is 1. The molecule has 0 amide bonds. The van der Waals surface area contributed by atoms with E-state index in [1.165, 1.54) is 64.2 Å². The van der Waals surface area contributed by atoms with Crippen molar-refractivity contribution in [1.82, 2.24) is 0 Å². The number of aliphatic hydroxyl groups is 1. The largest absolute Gasteiger partial charge is 0.464 e. The predicted molar refractivity (Wildman–Crippen MR) is 101 cm³/mol. The topological polar surface area (TPSA) is 82.1 Å². The molecular formula is C20H38O6. The highest BCUT2D eigenvalue weighted by Gasteiger charge is 2.07. The lowest BCUT2D eigenvalue weighted by Crippen LogP contribution is -2.19. The number of ether oxygens (including phenoxy) is 3. The number of carbonyl (C=O) groups excluding carboxylic acids is 2. The highest BCUT2D eigenvalue weighted by atomic mass is 16.6. The van der Waals surface area contributed by atoms with Crippen molar-refractivity contribution in [2.45, 2.75) is 84.0 Å². The lowest BCUT2D eigenvalue weighted by atomic mass is 10.1. The van der Waals surface area contributed by atoms with Crippen LogP contribution in [-0.4, -0.2) is 50.1 Å². The first kappa shape index (κ1) is 24.9. The molecule has 6 heteroatoms. The summed E-state index contributed by atoms with van der Waals surface area (Å²) in [5.74, 6) is -1.07. The van der Waals surface area contributed by atoms with E-state index in [0.29, 0.717) is 6.61 Å². The Bertz CT molecular complexity index is 332. The second kappa shape index (κ2) is 20.2. The summed E-state index contributed by atoms with van der Waals surface area (Å²) in [7, 11) is 0. The molecule has 0 aliphatic carbocycles.